The molecule has 0 spiro atoms. The average Bonchev–Trinajstić information content (AvgIpc) is 2.25. The second-order valence-electron chi connectivity index (χ2n) is 4.88. The molecule has 0 unspecified atom stereocenters. The van der Waals surface area contributed by atoms with Crippen LogP contribution in [0, 0.1) is 6.92 Å². The Kier molecular flexibility index (Phi) is 4.73. The molecule has 0 saturated heterocycles. The quantitative estimate of drug-likeness (QED) is 0.775. The molecule has 1 rings (SSSR count). The Morgan fingerprint density at radius 1 is 1.35 bits per heavy atom. The number of aromatic hydroxyl groups is 1. The van der Waals surface area contributed by atoms with Gasteiger partial charge in [0, 0.05) is 6.42 Å². The number of phenols is 1. The molecular formula is C15H22O2. The zero-order valence-corrected chi connectivity index (χ0v) is 11.2. The monoisotopic (exact) mass is 234 g/mol. The van der Waals surface area contributed by atoms with Crippen LogP contribution in [0.1, 0.15) is 67.4 Å². The van der Waals surface area contributed by atoms with Gasteiger partial charge in [0.05, 0.1) is 5.56 Å². The molecule has 94 valence electrons. The third kappa shape index (κ3) is 3.09. The van der Waals surface area contributed by atoms with E-state index in [0.717, 1.165) is 24.0 Å². The van der Waals surface area contributed by atoms with E-state index in [1.54, 1.807) is 0 Å². The molecule has 0 aliphatic heterocycles. The topological polar surface area (TPSA) is 37.3 Å². The van der Waals surface area contributed by atoms with Crippen LogP contribution in [0.2, 0.25) is 0 Å². The van der Waals surface area contributed by atoms with Crippen molar-refractivity contribution in [3.63, 3.8) is 0 Å². The molecule has 0 aliphatic carbocycles. The van der Waals surface area contributed by atoms with Crippen molar-refractivity contribution in [3.05, 3.63) is 28.8 Å². The smallest absolute Gasteiger partial charge is 0.166 e. The maximum absolute atomic E-state index is 12.1. The molecule has 0 saturated carbocycles. The Balaban J connectivity index is 3.13. The lowest BCUT2D eigenvalue weighted by atomic mass is 9.92. The molecule has 0 atom stereocenters. The first-order valence-corrected chi connectivity index (χ1v) is 6.34. The number of carbonyl (C=O) groups excluding carboxylic acids is 1. The Morgan fingerprint density at radius 2 is 2.00 bits per heavy atom. The highest BCUT2D eigenvalue weighted by Gasteiger charge is 2.18. The Hall–Kier alpha value is -1.31. The zero-order chi connectivity index (χ0) is 13.0. The average molecular weight is 234 g/mol. The molecule has 0 aliphatic rings. The Morgan fingerprint density at radius 3 is 2.53 bits per heavy atom. The number of phenolic OH excluding ortho intramolecular Hbond substituents is 1. The number of aryl methyl sites for hydroxylation is 1. The number of hydrogen-bond acceptors (Lipinski definition) is 2. The van der Waals surface area contributed by atoms with E-state index in [4.69, 9.17) is 0 Å². The number of hydrogen-bond donors (Lipinski definition) is 1. The summed E-state index contributed by atoms with van der Waals surface area (Å²) >= 11 is 0. The van der Waals surface area contributed by atoms with Crippen LogP contribution >= 0.6 is 0 Å². The van der Waals surface area contributed by atoms with Crippen LogP contribution in [0.5, 0.6) is 5.75 Å². The molecule has 17 heavy (non-hydrogen) atoms. The third-order valence-electron chi connectivity index (χ3n) is 3.08. The molecule has 0 fully saturated rings. The first-order valence-electron chi connectivity index (χ1n) is 6.34. The summed E-state index contributed by atoms with van der Waals surface area (Å²) in [5.74, 6) is 0.471. The minimum atomic E-state index is 0.0596. The fourth-order valence-corrected chi connectivity index (χ4v) is 1.99. The van der Waals surface area contributed by atoms with Crippen LogP contribution in [0.4, 0.5) is 0 Å². The van der Waals surface area contributed by atoms with E-state index in [-0.39, 0.29) is 17.5 Å². The molecule has 2 heteroatoms. The zero-order valence-electron chi connectivity index (χ0n) is 11.2. The molecule has 1 N–H and O–H groups in total. The number of unbranched alkanes of at least 4 members (excludes halogenated alkanes) is 1. The molecule has 2 nitrogen and oxygen atoms in total. The third-order valence-corrected chi connectivity index (χ3v) is 3.08. The summed E-state index contributed by atoms with van der Waals surface area (Å²) < 4.78 is 0. The van der Waals surface area contributed by atoms with Crippen molar-refractivity contribution < 1.29 is 9.90 Å². The van der Waals surface area contributed by atoms with Crippen LogP contribution in [0.15, 0.2) is 12.1 Å². The lowest BCUT2D eigenvalue weighted by Crippen LogP contribution is -2.04. The van der Waals surface area contributed by atoms with Crippen LogP contribution in [0.3, 0.4) is 0 Å². The maximum atomic E-state index is 12.1. The van der Waals surface area contributed by atoms with Gasteiger partial charge in [0.25, 0.3) is 0 Å². The van der Waals surface area contributed by atoms with Gasteiger partial charge in [-0.1, -0.05) is 39.3 Å². The van der Waals surface area contributed by atoms with E-state index in [1.807, 2.05) is 32.9 Å². The minimum Gasteiger partial charge on any atom is -0.507 e. The highest BCUT2D eigenvalue weighted by Crippen LogP contribution is 2.32. The lowest BCUT2D eigenvalue weighted by molar-refractivity contribution is 0.0976. The standard InChI is InChI=1S/C15H22O2/c1-5-6-7-13(16)14-11(4)8-9-12(10(2)3)15(14)17/h8-10,17H,5-7H2,1-4H3. The van der Waals surface area contributed by atoms with Crippen LogP contribution in [-0.2, 0) is 0 Å². The summed E-state index contributed by atoms with van der Waals surface area (Å²) in [6, 6.07) is 3.83. The summed E-state index contributed by atoms with van der Waals surface area (Å²) in [6.07, 6.45) is 2.39. The van der Waals surface area contributed by atoms with Crippen LogP contribution in [-0.4, -0.2) is 10.9 Å². The van der Waals surface area contributed by atoms with Gasteiger partial charge in [0.2, 0.25) is 0 Å². The SMILES string of the molecule is CCCCC(=O)c1c(C)ccc(C(C)C)c1O. The summed E-state index contributed by atoms with van der Waals surface area (Å²) in [5, 5.41) is 10.2. The summed E-state index contributed by atoms with van der Waals surface area (Å²) in [7, 11) is 0. The van der Waals surface area contributed by atoms with Crippen LogP contribution in [0.25, 0.3) is 0 Å². The molecular weight excluding hydrogens is 212 g/mol. The summed E-state index contributed by atoms with van der Waals surface area (Å²) in [4.78, 5) is 12.1. The molecule has 0 bridgehead atoms. The summed E-state index contributed by atoms with van der Waals surface area (Å²) in [6.45, 7) is 7.98. The highest BCUT2D eigenvalue weighted by atomic mass is 16.3. The first-order chi connectivity index (χ1) is 7.99. The van der Waals surface area contributed by atoms with E-state index in [2.05, 4.69) is 6.92 Å². The minimum absolute atomic E-state index is 0.0596. The maximum Gasteiger partial charge on any atom is 0.166 e. The Labute approximate surface area is 104 Å². The second-order valence-corrected chi connectivity index (χ2v) is 4.88. The van der Waals surface area contributed by atoms with E-state index in [1.165, 1.54) is 0 Å². The number of rotatable bonds is 5. The normalized spacial score (nSPS) is 10.9. The van der Waals surface area contributed by atoms with Crippen molar-refractivity contribution in [3.8, 4) is 5.75 Å². The van der Waals surface area contributed by atoms with Crippen molar-refractivity contribution in [2.24, 2.45) is 0 Å². The molecule has 1 aromatic carbocycles. The number of Topliss-reactive ketones (excluding diaryl/α,β-unsaturated/α-hetero) is 1. The van der Waals surface area contributed by atoms with E-state index >= 15 is 0 Å². The van der Waals surface area contributed by atoms with Crippen molar-refractivity contribution in [2.75, 3.05) is 0 Å². The first kappa shape index (κ1) is 13.8. The second kappa shape index (κ2) is 5.85. The lowest BCUT2D eigenvalue weighted by Gasteiger charge is -2.14. The van der Waals surface area contributed by atoms with Gasteiger partial charge in [0.15, 0.2) is 5.78 Å². The van der Waals surface area contributed by atoms with Gasteiger partial charge in [-0.3, -0.25) is 4.79 Å². The molecule has 0 radical (unpaired) electrons. The molecule has 0 heterocycles. The van der Waals surface area contributed by atoms with Gasteiger partial charge in [-0.15, -0.1) is 0 Å². The Bertz CT molecular complexity index is 406. The largest absolute Gasteiger partial charge is 0.507 e. The van der Waals surface area contributed by atoms with Crippen molar-refractivity contribution >= 4 is 5.78 Å². The van der Waals surface area contributed by atoms with Gasteiger partial charge in [-0.25, -0.2) is 0 Å². The van der Waals surface area contributed by atoms with Gasteiger partial charge in [0.1, 0.15) is 5.75 Å². The van der Waals surface area contributed by atoms with Gasteiger partial charge < -0.3 is 5.11 Å². The van der Waals surface area contributed by atoms with Gasteiger partial charge >= 0.3 is 0 Å². The predicted octanol–water partition coefficient (Wildman–Crippen LogP) is 4.20. The summed E-state index contributed by atoms with van der Waals surface area (Å²) in [5.41, 5.74) is 2.24. The number of ketones is 1. The van der Waals surface area contributed by atoms with Crippen LogP contribution < -0.4 is 0 Å². The van der Waals surface area contributed by atoms with Gasteiger partial charge in [-0.2, -0.15) is 0 Å². The van der Waals surface area contributed by atoms with Crippen molar-refractivity contribution in [1.29, 1.82) is 0 Å². The van der Waals surface area contributed by atoms with E-state index in [0.29, 0.717) is 12.0 Å². The number of benzene rings is 1. The van der Waals surface area contributed by atoms with Crippen molar-refractivity contribution in [2.45, 2.75) is 52.9 Å². The highest BCUT2D eigenvalue weighted by molar-refractivity contribution is 6.00. The molecule has 1 aromatic rings. The van der Waals surface area contributed by atoms with E-state index < -0.39 is 0 Å². The molecule has 0 amide bonds. The van der Waals surface area contributed by atoms with Gasteiger partial charge in [-0.05, 0) is 30.4 Å². The van der Waals surface area contributed by atoms with E-state index in [9.17, 15) is 9.90 Å². The van der Waals surface area contributed by atoms with Crippen molar-refractivity contribution in [1.82, 2.24) is 0 Å². The fourth-order valence-electron chi connectivity index (χ4n) is 1.99. The molecule has 0 aromatic heterocycles. The number of carbonyl (C=O) groups is 1. The predicted molar refractivity (Wildman–Crippen MR) is 70.8 cm³/mol. The fraction of sp³-hybridized carbons (Fsp3) is 0.533.